The number of methoxy groups -OCH3 is 1. The number of unbranched alkanes of at least 4 members (excludes halogenated alkanes) is 1. The fraction of sp³-hybridized carbons (Fsp3) is 0.517. The Balaban J connectivity index is 1.32. The second kappa shape index (κ2) is 13.4. The number of pyridine rings is 1. The van der Waals surface area contributed by atoms with Crippen LogP contribution in [0.15, 0.2) is 49.1 Å². The van der Waals surface area contributed by atoms with Crippen molar-refractivity contribution in [3.63, 3.8) is 0 Å². The van der Waals surface area contributed by atoms with Crippen LogP contribution in [-0.2, 0) is 11.2 Å². The van der Waals surface area contributed by atoms with Crippen molar-refractivity contribution in [2.45, 2.75) is 57.5 Å². The summed E-state index contributed by atoms with van der Waals surface area (Å²) in [5.74, 6) is 0.743. The third-order valence-corrected chi connectivity index (χ3v) is 7.66. The van der Waals surface area contributed by atoms with Gasteiger partial charge in [-0.1, -0.05) is 0 Å². The molecule has 0 aliphatic carbocycles. The minimum absolute atomic E-state index is 0.195. The zero-order chi connectivity index (χ0) is 26.0. The molecule has 198 valence electrons. The van der Waals surface area contributed by atoms with E-state index < -0.39 is 12.1 Å². The number of hydrogen-bond donors (Lipinski definition) is 2. The first-order chi connectivity index (χ1) is 18.0. The zero-order valence-electron chi connectivity index (χ0n) is 21.6. The highest BCUT2D eigenvalue weighted by Gasteiger charge is 2.30. The Hall–Kier alpha value is -3.10. The van der Waals surface area contributed by atoms with Crippen LogP contribution < -0.4 is 4.74 Å². The minimum Gasteiger partial charge on any atom is -0.497 e. The maximum absolute atomic E-state index is 11.3. The summed E-state index contributed by atoms with van der Waals surface area (Å²) >= 11 is 0. The Labute approximate surface area is 218 Å². The largest absolute Gasteiger partial charge is 0.497 e. The minimum atomic E-state index is -0.738. The molecule has 3 heterocycles. The van der Waals surface area contributed by atoms with Gasteiger partial charge in [-0.2, -0.15) is 0 Å². The van der Waals surface area contributed by atoms with Gasteiger partial charge < -0.3 is 19.8 Å². The summed E-state index contributed by atoms with van der Waals surface area (Å²) in [6.07, 6.45) is 11.1. The summed E-state index contributed by atoms with van der Waals surface area (Å²) in [5.41, 5.74) is 2.78. The molecular weight excluding hydrogens is 468 g/mol. The van der Waals surface area contributed by atoms with Gasteiger partial charge in [0.2, 0.25) is 0 Å². The smallest absolute Gasteiger partial charge is 0.303 e. The number of fused-ring (bicyclic) bond motifs is 1. The van der Waals surface area contributed by atoms with Gasteiger partial charge in [-0.05, 0) is 106 Å². The molecule has 8 nitrogen and oxygen atoms in total. The molecule has 1 aliphatic rings. The highest BCUT2D eigenvalue weighted by Crippen LogP contribution is 2.35. The van der Waals surface area contributed by atoms with Crippen molar-refractivity contribution in [1.29, 1.82) is 0 Å². The van der Waals surface area contributed by atoms with Crippen LogP contribution in [0.3, 0.4) is 0 Å². The van der Waals surface area contributed by atoms with Crippen molar-refractivity contribution in [3.8, 4) is 5.75 Å². The maximum atomic E-state index is 11.3. The molecule has 2 N–H and O–H groups in total. The van der Waals surface area contributed by atoms with E-state index in [1.165, 1.54) is 0 Å². The number of hydrogen-bond acceptors (Lipinski definition) is 7. The first-order valence-electron chi connectivity index (χ1n) is 13.3. The Morgan fingerprint density at radius 1 is 1.14 bits per heavy atom. The fourth-order valence-electron chi connectivity index (χ4n) is 5.57. The molecule has 3 aromatic rings. The average molecular weight is 507 g/mol. The molecule has 1 saturated heterocycles. The first-order valence-corrected chi connectivity index (χ1v) is 13.3. The third kappa shape index (κ3) is 7.69. The fourth-order valence-corrected chi connectivity index (χ4v) is 5.57. The molecule has 0 radical (unpaired) electrons. The van der Waals surface area contributed by atoms with Crippen molar-refractivity contribution < 1.29 is 19.7 Å². The average Bonchev–Trinajstić information content (AvgIpc) is 2.93. The molecule has 1 aromatic carbocycles. The van der Waals surface area contributed by atoms with Gasteiger partial charge in [0.1, 0.15) is 12.1 Å². The predicted octanol–water partition coefficient (Wildman–Crippen LogP) is 4.67. The Bertz CT molecular complexity index is 1140. The molecule has 8 heteroatoms. The summed E-state index contributed by atoms with van der Waals surface area (Å²) < 4.78 is 5.37. The van der Waals surface area contributed by atoms with Gasteiger partial charge in [-0.3, -0.25) is 9.78 Å². The van der Waals surface area contributed by atoms with E-state index >= 15 is 0 Å². The Morgan fingerprint density at radius 3 is 2.81 bits per heavy atom. The molecule has 0 bridgehead atoms. The van der Waals surface area contributed by atoms with E-state index in [0.29, 0.717) is 24.7 Å². The summed E-state index contributed by atoms with van der Waals surface area (Å²) in [4.78, 5) is 26.5. The van der Waals surface area contributed by atoms with Crippen LogP contribution in [0.1, 0.15) is 62.3 Å². The van der Waals surface area contributed by atoms with Crippen LogP contribution >= 0.6 is 0 Å². The number of piperidine rings is 1. The van der Waals surface area contributed by atoms with E-state index in [4.69, 9.17) is 4.74 Å². The molecule has 2 aromatic heterocycles. The number of ether oxygens (including phenoxy) is 1. The number of carboxylic acids is 1. The highest BCUT2D eigenvalue weighted by molar-refractivity contribution is 5.83. The van der Waals surface area contributed by atoms with Gasteiger partial charge in [0.25, 0.3) is 0 Å². The quantitative estimate of drug-likeness (QED) is 0.322. The number of aromatic nitrogens is 3. The molecule has 0 unspecified atom stereocenters. The van der Waals surface area contributed by atoms with E-state index in [1.54, 1.807) is 25.8 Å². The van der Waals surface area contributed by atoms with Gasteiger partial charge in [0.05, 0.1) is 18.7 Å². The van der Waals surface area contributed by atoms with Crippen LogP contribution in [-0.4, -0.2) is 62.8 Å². The van der Waals surface area contributed by atoms with Gasteiger partial charge in [0, 0.05) is 36.4 Å². The van der Waals surface area contributed by atoms with Gasteiger partial charge in [-0.25, -0.2) is 9.97 Å². The highest BCUT2D eigenvalue weighted by atomic mass is 16.5. The normalized spacial score (nSPS) is 19.1. The van der Waals surface area contributed by atoms with Crippen molar-refractivity contribution in [3.05, 3.63) is 60.3 Å². The number of likely N-dealkylation sites (tertiary alicyclic amines) is 1. The number of aliphatic hydroxyl groups excluding tert-OH is 1. The molecule has 1 aliphatic heterocycles. The summed E-state index contributed by atoms with van der Waals surface area (Å²) in [5, 5.41) is 21.3. The molecular formula is C29H38N4O4. The molecule has 0 spiro atoms. The number of carbonyl (C=O) groups is 1. The molecule has 4 rings (SSSR count). The van der Waals surface area contributed by atoms with Crippen molar-refractivity contribution in [2.24, 2.45) is 11.8 Å². The van der Waals surface area contributed by atoms with E-state index in [9.17, 15) is 15.0 Å². The van der Waals surface area contributed by atoms with Gasteiger partial charge >= 0.3 is 5.97 Å². The van der Waals surface area contributed by atoms with Crippen molar-refractivity contribution in [1.82, 2.24) is 19.9 Å². The summed E-state index contributed by atoms with van der Waals surface area (Å²) in [7, 11) is 1.63. The second-order valence-electron chi connectivity index (χ2n) is 10.1. The van der Waals surface area contributed by atoms with Gasteiger partial charge in [-0.15, -0.1) is 0 Å². The number of rotatable bonds is 13. The van der Waals surface area contributed by atoms with Crippen LogP contribution in [0.5, 0.6) is 5.75 Å². The predicted molar refractivity (Wildman–Crippen MR) is 142 cm³/mol. The lowest BCUT2D eigenvalue weighted by atomic mass is 9.79. The van der Waals surface area contributed by atoms with E-state index in [1.807, 2.05) is 30.3 Å². The van der Waals surface area contributed by atoms with Crippen molar-refractivity contribution >= 4 is 16.9 Å². The van der Waals surface area contributed by atoms with Crippen molar-refractivity contribution in [2.75, 3.05) is 26.7 Å². The number of aliphatic hydroxyl groups is 1. The van der Waals surface area contributed by atoms with Crippen LogP contribution in [0.2, 0.25) is 0 Å². The number of carboxylic acid groups (broad SMARTS) is 1. The van der Waals surface area contributed by atoms with Gasteiger partial charge in [0.15, 0.2) is 0 Å². The van der Waals surface area contributed by atoms with E-state index in [0.717, 1.165) is 79.6 Å². The zero-order valence-corrected chi connectivity index (χ0v) is 21.6. The van der Waals surface area contributed by atoms with Crippen LogP contribution in [0.25, 0.3) is 10.9 Å². The standard InChI is InChI=1S/C29H38N4O4/c1-37-24-7-8-27-26(18-24)25(12-15-31-27)28(34)9-5-21-13-17-33(19-22(21)6-10-29(35)36)16-3-2-4-23-11-14-30-20-32-23/h7-8,11-12,14-15,18,20-22,28,34H,2-6,9-10,13,16-17,19H2,1H3,(H,35,36)/t21-,22-,28-/m1/s1. The lowest BCUT2D eigenvalue weighted by molar-refractivity contribution is -0.137. The number of nitrogens with zero attached hydrogens (tertiary/aromatic N) is 4. The Kier molecular flexibility index (Phi) is 9.79. The molecule has 3 atom stereocenters. The monoisotopic (exact) mass is 506 g/mol. The SMILES string of the molecule is COc1ccc2nccc([C@H](O)CC[C@@H]3CCN(CCCCc4ccncn4)C[C@H]3CCC(=O)O)c2c1. The molecule has 0 amide bonds. The van der Waals surface area contributed by atoms with E-state index in [-0.39, 0.29) is 6.42 Å². The topological polar surface area (TPSA) is 109 Å². The molecule has 0 saturated carbocycles. The lowest BCUT2D eigenvalue weighted by Crippen LogP contribution is -2.41. The molecule has 1 fully saturated rings. The second-order valence-corrected chi connectivity index (χ2v) is 10.1. The maximum Gasteiger partial charge on any atom is 0.303 e. The summed E-state index contributed by atoms with van der Waals surface area (Å²) in [6.45, 7) is 2.97. The summed E-state index contributed by atoms with van der Waals surface area (Å²) in [6, 6.07) is 9.57. The number of benzene rings is 1. The molecule has 37 heavy (non-hydrogen) atoms. The third-order valence-electron chi connectivity index (χ3n) is 7.66. The number of aliphatic carboxylic acids is 1. The van der Waals surface area contributed by atoms with Crippen LogP contribution in [0, 0.1) is 11.8 Å². The number of aryl methyl sites for hydroxylation is 1. The first kappa shape index (κ1) is 26.9. The van der Waals surface area contributed by atoms with E-state index in [2.05, 4.69) is 19.9 Å². The Morgan fingerprint density at radius 2 is 2.03 bits per heavy atom. The van der Waals surface area contributed by atoms with Crippen LogP contribution in [0.4, 0.5) is 0 Å². The lowest BCUT2D eigenvalue weighted by Gasteiger charge is -2.39.